The highest BCUT2D eigenvalue weighted by molar-refractivity contribution is 7.91. The minimum Gasteiger partial charge on any atom is -0.353 e. The Morgan fingerprint density at radius 3 is 2.62 bits per heavy atom. The summed E-state index contributed by atoms with van der Waals surface area (Å²) in [4.78, 5) is 22.7. The number of hydrogen-bond acceptors (Lipinski definition) is 6. The molecule has 8 heteroatoms. The van der Waals surface area contributed by atoms with Gasteiger partial charge in [0.1, 0.15) is 17.8 Å². The van der Waals surface area contributed by atoms with Gasteiger partial charge in [0, 0.05) is 24.3 Å². The van der Waals surface area contributed by atoms with Crippen molar-refractivity contribution < 1.29 is 13.2 Å². The molecule has 138 valence electrons. The van der Waals surface area contributed by atoms with E-state index in [4.69, 9.17) is 0 Å². The minimum atomic E-state index is -2.99. The first-order valence-corrected chi connectivity index (χ1v) is 10.4. The zero-order chi connectivity index (χ0) is 18.7. The smallest absolute Gasteiger partial charge is 0.274 e. The van der Waals surface area contributed by atoms with Crippen LogP contribution >= 0.6 is 0 Å². The summed E-state index contributed by atoms with van der Waals surface area (Å²) in [5.41, 5.74) is 2.04. The maximum Gasteiger partial charge on any atom is 0.274 e. The molecule has 0 radical (unpaired) electrons. The average Bonchev–Trinajstić information content (AvgIpc) is 2.97. The summed E-state index contributed by atoms with van der Waals surface area (Å²) in [5, 5.41) is 2.81. The van der Waals surface area contributed by atoms with E-state index in [0.717, 1.165) is 5.56 Å². The molecule has 1 aliphatic rings. The number of hydrogen-bond donors (Lipinski definition) is 1. The van der Waals surface area contributed by atoms with Crippen molar-refractivity contribution in [2.75, 3.05) is 28.3 Å². The molecule has 1 atom stereocenters. The number of carbonyl (C=O) groups excluding carboxylic acids is 1. The molecule has 2 aromatic rings. The zero-order valence-electron chi connectivity index (χ0n) is 14.8. The number of sulfone groups is 1. The first-order valence-electron chi connectivity index (χ1n) is 8.55. The molecule has 0 saturated carbocycles. The number of rotatable bonds is 5. The second-order valence-corrected chi connectivity index (χ2v) is 8.65. The summed E-state index contributed by atoms with van der Waals surface area (Å²) in [6.45, 7) is 4.53. The first kappa shape index (κ1) is 18.3. The largest absolute Gasteiger partial charge is 0.353 e. The molecule has 1 amide bonds. The van der Waals surface area contributed by atoms with Crippen molar-refractivity contribution in [3.05, 3.63) is 47.9 Å². The van der Waals surface area contributed by atoms with Crippen LogP contribution in [0, 0.1) is 6.92 Å². The third kappa shape index (κ3) is 4.19. The lowest BCUT2D eigenvalue weighted by molar-refractivity contribution is 0.102. The van der Waals surface area contributed by atoms with E-state index < -0.39 is 9.84 Å². The lowest BCUT2D eigenvalue weighted by Gasteiger charge is -2.27. The minimum absolute atomic E-state index is 0.118. The molecule has 1 fully saturated rings. The number of aromatic nitrogens is 2. The van der Waals surface area contributed by atoms with Crippen LogP contribution in [0.3, 0.4) is 0 Å². The Hall–Kier alpha value is -2.48. The van der Waals surface area contributed by atoms with E-state index in [0.29, 0.717) is 24.5 Å². The van der Waals surface area contributed by atoms with Gasteiger partial charge < -0.3 is 10.2 Å². The van der Waals surface area contributed by atoms with Gasteiger partial charge in [-0.25, -0.2) is 18.4 Å². The Kier molecular flexibility index (Phi) is 5.22. The van der Waals surface area contributed by atoms with Crippen LogP contribution in [-0.2, 0) is 9.84 Å². The Morgan fingerprint density at radius 1 is 1.27 bits per heavy atom. The van der Waals surface area contributed by atoms with Crippen LogP contribution in [0.1, 0.15) is 29.4 Å². The molecule has 1 unspecified atom stereocenters. The lowest BCUT2D eigenvalue weighted by atomic mass is 10.2. The van der Waals surface area contributed by atoms with Crippen LogP contribution in [0.2, 0.25) is 0 Å². The lowest BCUT2D eigenvalue weighted by Crippen LogP contribution is -2.37. The topological polar surface area (TPSA) is 92.3 Å². The SMILES string of the molecule is CCN(c1cc(C(=O)Nc2ccc(C)cc2)ncn1)C1CCS(=O)(=O)C1. The van der Waals surface area contributed by atoms with Gasteiger partial charge in [0.2, 0.25) is 0 Å². The standard InChI is InChI=1S/C18H22N4O3S/c1-3-22(15-8-9-26(24,25)11-15)17-10-16(19-12-20-17)18(23)21-14-6-4-13(2)5-7-14/h4-7,10,12,15H,3,8-9,11H2,1-2H3,(H,21,23). The number of anilines is 2. The summed E-state index contributed by atoms with van der Waals surface area (Å²) in [6, 6.07) is 8.99. The van der Waals surface area contributed by atoms with Gasteiger partial charge in [-0.1, -0.05) is 17.7 Å². The van der Waals surface area contributed by atoms with E-state index in [-0.39, 0.29) is 29.1 Å². The molecule has 2 heterocycles. The number of nitrogens with one attached hydrogen (secondary N) is 1. The van der Waals surface area contributed by atoms with Crippen LogP contribution in [0.5, 0.6) is 0 Å². The second kappa shape index (κ2) is 7.41. The van der Waals surface area contributed by atoms with E-state index in [1.54, 1.807) is 6.07 Å². The highest BCUT2D eigenvalue weighted by Gasteiger charge is 2.32. The Morgan fingerprint density at radius 2 is 2.00 bits per heavy atom. The molecule has 26 heavy (non-hydrogen) atoms. The molecule has 1 aliphatic heterocycles. The highest BCUT2D eigenvalue weighted by Crippen LogP contribution is 2.23. The van der Waals surface area contributed by atoms with Gasteiger partial charge in [-0.05, 0) is 32.4 Å². The number of nitrogens with zero attached hydrogens (tertiary/aromatic N) is 3. The van der Waals surface area contributed by atoms with Gasteiger partial charge in [-0.15, -0.1) is 0 Å². The normalized spacial score (nSPS) is 18.5. The fourth-order valence-electron chi connectivity index (χ4n) is 3.09. The summed E-state index contributed by atoms with van der Waals surface area (Å²) in [7, 11) is -2.99. The Balaban J connectivity index is 1.78. The van der Waals surface area contributed by atoms with Crippen LogP contribution in [0.25, 0.3) is 0 Å². The maximum atomic E-state index is 12.5. The van der Waals surface area contributed by atoms with Crippen molar-refractivity contribution in [2.24, 2.45) is 0 Å². The van der Waals surface area contributed by atoms with Crippen molar-refractivity contribution in [2.45, 2.75) is 26.3 Å². The van der Waals surface area contributed by atoms with Gasteiger partial charge >= 0.3 is 0 Å². The van der Waals surface area contributed by atoms with E-state index in [1.165, 1.54) is 6.33 Å². The number of benzene rings is 1. The van der Waals surface area contributed by atoms with Crippen LogP contribution in [-0.4, -0.2) is 48.4 Å². The van der Waals surface area contributed by atoms with Crippen molar-refractivity contribution in [1.82, 2.24) is 9.97 Å². The van der Waals surface area contributed by atoms with Gasteiger partial charge in [0.05, 0.1) is 11.5 Å². The molecule has 1 saturated heterocycles. The summed E-state index contributed by atoms with van der Waals surface area (Å²) >= 11 is 0. The monoisotopic (exact) mass is 374 g/mol. The molecule has 1 aromatic heterocycles. The number of amides is 1. The fraction of sp³-hybridized carbons (Fsp3) is 0.389. The number of carbonyl (C=O) groups is 1. The molecule has 1 aromatic carbocycles. The van der Waals surface area contributed by atoms with Crippen LogP contribution in [0.15, 0.2) is 36.7 Å². The summed E-state index contributed by atoms with van der Waals surface area (Å²) < 4.78 is 23.5. The van der Waals surface area contributed by atoms with E-state index in [1.807, 2.05) is 43.0 Å². The second-order valence-electron chi connectivity index (χ2n) is 6.42. The molecule has 3 rings (SSSR count). The van der Waals surface area contributed by atoms with E-state index in [9.17, 15) is 13.2 Å². The molecule has 0 spiro atoms. The van der Waals surface area contributed by atoms with Crippen LogP contribution in [0.4, 0.5) is 11.5 Å². The predicted molar refractivity (Wildman–Crippen MR) is 101 cm³/mol. The third-order valence-electron chi connectivity index (χ3n) is 4.48. The van der Waals surface area contributed by atoms with Crippen molar-refractivity contribution in [3.63, 3.8) is 0 Å². The molecular weight excluding hydrogens is 352 g/mol. The van der Waals surface area contributed by atoms with Crippen LogP contribution < -0.4 is 10.2 Å². The third-order valence-corrected chi connectivity index (χ3v) is 6.23. The van der Waals surface area contributed by atoms with Crippen molar-refractivity contribution in [3.8, 4) is 0 Å². The van der Waals surface area contributed by atoms with Gasteiger partial charge in [0.15, 0.2) is 9.84 Å². The number of aryl methyl sites for hydroxylation is 1. The summed E-state index contributed by atoms with van der Waals surface area (Å²) in [5.74, 6) is 0.557. The van der Waals surface area contributed by atoms with Crippen molar-refractivity contribution >= 4 is 27.2 Å². The van der Waals surface area contributed by atoms with Crippen molar-refractivity contribution in [1.29, 1.82) is 0 Å². The molecule has 0 bridgehead atoms. The maximum absolute atomic E-state index is 12.5. The van der Waals surface area contributed by atoms with E-state index in [2.05, 4.69) is 15.3 Å². The zero-order valence-corrected chi connectivity index (χ0v) is 15.7. The Bertz CT molecular complexity index is 897. The highest BCUT2D eigenvalue weighted by atomic mass is 32.2. The molecule has 7 nitrogen and oxygen atoms in total. The van der Waals surface area contributed by atoms with Gasteiger partial charge in [0.25, 0.3) is 5.91 Å². The summed E-state index contributed by atoms with van der Waals surface area (Å²) in [6.07, 6.45) is 1.91. The quantitative estimate of drug-likeness (QED) is 0.861. The van der Waals surface area contributed by atoms with Gasteiger partial charge in [-0.2, -0.15) is 0 Å². The molecule has 0 aliphatic carbocycles. The van der Waals surface area contributed by atoms with Gasteiger partial charge in [-0.3, -0.25) is 4.79 Å². The average molecular weight is 374 g/mol. The predicted octanol–water partition coefficient (Wildman–Crippen LogP) is 2.05. The Labute approximate surface area is 153 Å². The molecular formula is C18H22N4O3S. The first-order chi connectivity index (χ1) is 12.4. The fourth-order valence-corrected chi connectivity index (χ4v) is 4.82. The molecule has 1 N–H and O–H groups in total. The van der Waals surface area contributed by atoms with E-state index >= 15 is 0 Å².